The number of anilines is 1. The summed E-state index contributed by atoms with van der Waals surface area (Å²) in [4.78, 5) is 7.89. The van der Waals surface area contributed by atoms with Gasteiger partial charge < -0.3 is 14.6 Å². The molecule has 2 aromatic carbocycles. The number of furan rings is 1. The van der Waals surface area contributed by atoms with Gasteiger partial charge in [-0.2, -0.15) is 0 Å². The fourth-order valence-corrected chi connectivity index (χ4v) is 5.11. The van der Waals surface area contributed by atoms with Crippen molar-refractivity contribution in [1.29, 1.82) is 0 Å². The Bertz CT molecular complexity index is 1190. The molecule has 160 valence electrons. The maximum atomic E-state index is 6.36. The molecule has 0 unspecified atom stereocenters. The van der Waals surface area contributed by atoms with Crippen LogP contribution in [0, 0.1) is 0 Å². The van der Waals surface area contributed by atoms with E-state index in [1.807, 2.05) is 48.7 Å². The lowest BCUT2D eigenvalue weighted by Crippen LogP contribution is -2.29. The SMILES string of the molecule is CCc1ccc(N2C(=S)N[C@H](c3ccccn3)[C@@H]2c2ccc(Sc3ccccc3)o2)cc1. The summed E-state index contributed by atoms with van der Waals surface area (Å²) in [6.45, 7) is 2.16. The second-order valence-electron chi connectivity index (χ2n) is 7.59. The van der Waals surface area contributed by atoms with Gasteiger partial charge in [0.2, 0.25) is 0 Å². The lowest BCUT2D eigenvalue weighted by molar-refractivity contribution is 0.383. The fraction of sp³-hybridized carbons (Fsp3) is 0.154. The molecular formula is C26H23N3OS2. The average Bonchev–Trinajstić information content (AvgIpc) is 3.44. The number of thiocarbonyl (C=S) groups is 1. The first kappa shape index (κ1) is 20.8. The summed E-state index contributed by atoms with van der Waals surface area (Å²) in [5.74, 6) is 0.853. The van der Waals surface area contributed by atoms with E-state index in [1.165, 1.54) is 5.56 Å². The van der Waals surface area contributed by atoms with Crippen LogP contribution in [0.15, 0.2) is 106 Å². The number of nitrogens with zero attached hydrogens (tertiary/aromatic N) is 2. The molecule has 0 amide bonds. The minimum absolute atomic E-state index is 0.115. The summed E-state index contributed by atoms with van der Waals surface area (Å²) in [5.41, 5.74) is 3.27. The monoisotopic (exact) mass is 457 g/mol. The topological polar surface area (TPSA) is 41.3 Å². The highest BCUT2D eigenvalue weighted by atomic mass is 32.2. The van der Waals surface area contributed by atoms with Crippen LogP contribution in [0.1, 0.15) is 36.0 Å². The van der Waals surface area contributed by atoms with Crippen LogP contribution in [0.4, 0.5) is 5.69 Å². The largest absolute Gasteiger partial charge is 0.452 e. The second kappa shape index (κ2) is 9.18. The summed E-state index contributed by atoms with van der Waals surface area (Å²) >= 11 is 7.40. The van der Waals surface area contributed by atoms with Gasteiger partial charge in [0.1, 0.15) is 11.8 Å². The summed E-state index contributed by atoms with van der Waals surface area (Å²) < 4.78 is 6.36. The van der Waals surface area contributed by atoms with Crippen LogP contribution in [0.2, 0.25) is 0 Å². The Balaban J connectivity index is 1.52. The predicted molar refractivity (Wildman–Crippen MR) is 133 cm³/mol. The molecule has 2 aromatic heterocycles. The quantitative estimate of drug-likeness (QED) is 0.331. The smallest absolute Gasteiger partial charge is 0.174 e. The molecule has 0 radical (unpaired) electrons. The summed E-state index contributed by atoms with van der Waals surface area (Å²) in [5, 5.41) is 5.00. The Morgan fingerprint density at radius 2 is 1.75 bits per heavy atom. The first-order valence-electron chi connectivity index (χ1n) is 10.6. The van der Waals surface area contributed by atoms with Crippen LogP contribution in [-0.2, 0) is 6.42 Å². The van der Waals surface area contributed by atoms with Gasteiger partial charge in [0, 0.05) is 16.8 Å². The van der Waals surface area contributed by atoms with Gasteiger partial charge in [-0.15, -0.1) is 0 Å². The van der Waals surface area contributed by atoms with E-state index in [4.69, 9.17) is 16.6 Å². The van der Waals surface area contributed by atoms with E-state index >= 15 is 0 Å². The molecule has 5 rings (SSSR count). The Hall–Kier alpha value is -3.09. The Kier molecular flexibility index (Phi) is 5.97. The number of nitrogens with one attached hydrogen (secondary N) is 1. The van der Waals surface area contributed by atoms with E-state index in [0.29, 0.717) is 5.11 Å². The zero-order valence-electron chi connectivity index (χ0n) is 17.6. The number of rotatable bonds is 6. The van der Waals surface area contributed by atoms with Gasteiger partial charge in [-0.3, -0.25) is 4.98 Å². The van der Waals surface area contributed by atoms with Crippen molar-refractivity contribution in [2.45, 2.75) is 35.4 Å². The second-order valence-corrected chi connectivity index (χ2v) is 9.05. The van der Waals surface area contributed by atoms with Gasteiger partial charge in [-0.25, -0.2) is 0 Å². The molecule has 1 saturated heterocycles. The third kappa shape index (κ3) is 4.16. The molecule has 2 atom stereocenters. The van der Waals surface area contributed by atoms with E-state index in [9.17, 15) is 0 Å². The zero-order valence-corrected chi connectivity index (χ0v) is 19.3. The van der Waals surface area contributed by atoms with Crippen molar-refractivity contribution in [3.63, 3.8) is 0 Å². The van der Waals surface area contributed by atoms with Crippen molar-refractivity contribution in [2.24, 2.45) is 0 Å². The maximum Gasteiger partial charge on any atom is 0.174 e. The van der Waals surface area contributed by atoms with Crippen LogP contribution in [0.5, 0.6) is 0 Å². The molecule has 4 aromatic rings. The lowest BCUT2D eigenvalue weighted by atomic mass is 10.0. The van der Waals surface area contributed by atoms with Crippen molar-refractivity contribution in [3.8, 4) is 0 Å². The third-order valence-electron chi connectivity index (χ3n) is 5.58. The van der Waals surface area contributed by atoms with Gasteiger partial charge in [-0.05, 0) is 72.7 Å². The van der Waals surface area contributed by atoms with Crippen molar-refractivity contribution in [1.82, 2.24) is 10.3 Å². The maximum absolute atomic E-state index is 6.36. The Morgan fingerprint density at radius 1 is 0.969 bits per heavy atom. The molecule has 0 aliphatic carbocycles. The molecule has 3 heterocycles. The molecule has 1 aliphatic rings. The Labute approximate surface area is 197 Å². The normalized spacial score (nSPS) is 18.0. The Morgan fingerprint density at radius 3 is 2.47 bits per heavy atom. The van der Waals surface area contributed by atoms with Gasteiger partial charge in [-0.1, -0.05) is 55.1 Å². The highest BCUT2D eigenvalue weighted by molar-refractivity contribution is 7.99. The summed E-state index contributed by atoms with van der Waals surface area (Å²) in [6, 6.07) is 28.6. The molecule has 0 spiro atoms. The molecule has 1 fully saturated rings. The first-order chi connectivity index (χ1) is 15.7. The molecule has 1 aliphatic heterocycles. The molecule has 0 bridgehead atoms. The highest BCUT2D eigenvalue weighted by Crippen LogP contribution is 2.43. The minimum atomic E-state index is -0.144. The van der Waals surface area contributed by atoms with Crippen LogP contribution < -0.4 is 10.2 Å². The summed E-state index contributed by atoms with van der Waals surface area (Å²) in [6.07, 6.45) is 2.82. The lowest BCUT2D eigenvalue weighted by Gasteiger charge is -2.26. The number of hydrogen-bond donors (Lipinski definition) is 1. The van der Waals surface area contributed by atoms with Gasteiger partial charge >= 0.3 is 0 Å². The van der Waals surface area contributed by atoms with E-state index in [-0.39, 0.29) is 12.1 Å². The van der Waals surface area contributed by atoms with Crippen molar-refractivity contribution < 1.29 is 4.42 Å². The summed E-state index contributed by atoms with van der Waals surface area (Å²) in [7, 11) is 0. The fourth-order valence-electron chi connectivity index (χ4n) is 3.97. The van der Waals surface area contributed by atoms with Crippen molar-refractivity contribution in [2.75, 3.05) is 4.90 Å². The van der Waals surface area contributed by atoms with Crippen LogP contribution in [-0.4, -0.2) is 10.1 Å². The van der Waals surface area contributed by atoms with Gasteiger partial charge in [0.05, 0.1) is 11.7 Å². The molecule has 6 heteroatoms. The average molecular weight is 458 g/mol. The van der Waals surface area contributed by atoms with E-state index in [1.54, 1.807) is 11.8 Å². The number of aromatic nitrogens is 1. The zero-order chi connectivity index (χ0) is 21.9. The van der Waals surface area contributed by atoms with Crippen LogP contribution in [0.3, 0.4) is 0 Å². The third-order valence-corrected chi connectivity index (χ3v) is 6.82. The standard InChI is InChI=1S/C26H23N3OS2/c1-2-18-11-13-19(14-12-18)29-25(24(28-26(29)31)21-10-6-7-17-27-21)22-15-16-23(30-22)32-20-8-4-3-5-9-20/h3-17,24-25H,2H2,1H3,(H,28,31)/t24-,25+/m1/s1. The van der Waals surface area contributed by atoms with Crippen molar-refractivity contribution >= 4 is 34.8 Å². The molecule has 1 N–H and O–H groups in total. The predicted octanol–water partition coefficient (Wildman–Crippen LogP) is 6.57. The van der Waals surface area contributed by atoms with Gasteiger partial charge in [0.25, 0.3) is 0 Å². The minimum Gasteiger partial charge on any atom is -0.452 e. The van der Waals surface area contributed by atoms with Crippen LogP contribution >= 0.6 is 24.0 Å². The van der Waals surface area contributed by atoms with E-state index in [0.717, 1.165) is 33.6 Å². The molecular weight excluding hydrogens is 434 g/mol. The number of pyridine rings is 1. The number of aryl methyl sites for hydroxylation is 1. The number of benzene rings is 2. The molecule has 4 nitrogen and oxygen atoms in total. The van der Waals surface area contributed by atoms with E-state index < -0.39 is 0 Å². The first-order valence-corrected chi connectivity index (χ1v) is 11.9. The highest BCUT2D eigenvalue weighted by Gasteiger charge is 2.42. The van der Waals surface area contributed by atoms with Crippen molar-refractivity contribution in [3.05, 3.63) is 108 Å². The molecule has 0 saturated carbocycles. The number of hydrogen-bond acceptors (Lipinski definition) is 4. The van der Waals surface area contributed by atoms with Gasteiger partial charge in [0.15, 0.2) is 10.2 Å². The van der Waals surface area contributed by atoms with E-state index in [2.05, 4.69) is 64.6 Å². The molecule has 32 heavy (non-hydrogen) atoms. The van der Waals surface area contributed by atoms with Crippen LogP contribution in [0.25, 0.3) is 0 Å².